The Morgan fingerprint density at radius 3 is 2.59 bits per heavy atom. The molecule has 1 aromatic carbocycles. The summed E-state index contributed by atoms with van der Waals surface area (Å²) in [5.74, 6) is -0.612. The van der Waals surface area contributed by atoms with E-state index in [0.717, 1.165) is 6.07 Å². The number of pyridine rings is 1. The Morgan fingerprint density at radius 2 is 1.91 bits per heavy atom. The zero-order chi connectivity index (χ0) is 16.2. The number of amides is 1. The van der Waals surface area contributed by atoms with Crippen LogP contribution in [-0.4, -0.2) is 16.0 Å². The molecule has 0 fully saturated rings. The summed E-state index contributed by atoms with van der Waals surface area (Å²) in [6, 6.07) is 6.43. The maximum Gasteiger partial charge on any atom is 0.416 e. The van der Waals surface area contributed by atoms with Crippen LogP contribution in [-0.2, 0) is 24.0 Å². The molecule has 0 radical (unpaired) electrons. The predicted molar refractivity (Wildman–Crippen MR) is 73.9 cm³/mol. The largest absolute Gasteiger partial charge is 0.416 e. The van der Waals surface area contributed by atoms with Gasteiger partial charge in [-0.2, -0.15) is 13.2 Å². The molecule has 2 N–H and O–H groups in total. The lowest BCUT2D eigenvalue weighted by Gasteiger charge is -2.13. The highest BCUT2D eigenvalue weighted by Gasteiger charge is 2.33. The quantitative estimate of drug-likeness (QED) is 0.913. The molecule has 4 nitrogen and oxygen atoms in total. The van der Waals surface area contributed by atoms with E-state index in [1.165, 1.54) is 36.7 Å². The summed E-state index contributed by atoms with van der Waals surface area (Å²) in [5, 5.41) is 11.6. The number of hydrogen-bond acceptors (Lipinski definition) is 3. The molecule has 0 aliphatic rings. The number of nitrogens with one attached hydrogen (secondary N) is 1. The minimum Gasteiger partial charge on any atom is -0.392 e. The lowest BCUT2D eigenvalue weighted by atomic mass is 10.0. The maximum atomic E-state index is 12.9. The number of aromatic nitrogens is 1. The van der Waals surface area contributed by atoms with E-state index in [9.17, 15) is 18.0 Å². The third-order valence-corrected chi connectivity index (χ3v) is 3.03. The molecular weight excluding hydrogens is 297 g/mol. The first-order chi connectivity index (χ1) is 10.4. The summed E-state index contributed by atoms with van der Waals surface area (Å²) in [6.45, 7) is -0.308. The molecule has 0 saturated heterocycles. The molecule has 22 heavy (non-hydrogen) atoms. The van der Waals surface area contributed by atoms with Crippen molar-refractivity contribution in [3.8, 4) is 0 Å². The number of rotatable bonds is 4. The van der Waals surface area contributed by atoms with E-state index in [-0.39, 0.29) is 17.9 Å². The van der Waals surface area contributed by atoms with Crippen molar-refractivity contribution in [3.63, 3.8) is 0 Å². The maximum absolute atomic E-state index is 12.9. The Kier molecular flexibility index (Phi) is 4.77. The summed E-state index contributed by atoms with van der Waals surface area (Å²) in [7, 11) is 0. The Bertz CT molecular complexity index is 672. The van der Waals surface area contributed by atoms with Crippen molar-refractivity contribution in [1.82, 2.24) is 4.98 Å². The zero-order valence-corrected chi connectivity index (χ0v) is 11.4. The molecule has 0 unspecified atom stereocenters. The number of aliphatic hydroxyl groups excluding tert-OH is 1. The third-order valence-electron chi connectivity index (χ3n) is 3.03. The number of carbonyl (C=O) groups is 1. The van der Waals surface area contributed by atoms with E-state index in [1.807, 2.05) is 0 Å². The number of aliphatic hydroxyl groups is 1. The first kappa shape index (κ1) is 16.0. The highest BCUT2D eigenvalue weighted by atomic mass is 19.4. The van der Waals surface area contributed by atoms with E-state index in [4.69, 9.17) is 5.11 Å². The molecule has 1 amide bonds. The van der Waals surface area contributed by atoms with Gasteiger partial charge < -0.3 is 10.4 Å². The Hall–Kier alpha value is -2.41. The molecule has 0 saturated carbocycles. The van der Waals surface area contributed by atoms with Crippen molar-refractivity contribution < 1.29 is 23.1 Å². The van der Waals surface area contributed by atoms with Gasteiger partial charge in [0.15, 0.2) is 0 Å². The van der Waals surface area contributed by atoms with Crippen molar-refractivity contribution >= 4 is 11.6 Å². The van der Waals surface area contributed by atoms with Gasteiger partial charge in [0.1, 0.15) is 0 Å². The highest BCUT2D eigenvalue weighted by Crippen LogP contribution is 2.32. The number of hydrogen-bond donors (Lipinski definition) is 2. The molecule has 0 bridgehead atoms. The van der Waals surface area contributed by atoms with Gasteiger partial charge in [0.05, 0.1) is 30.5 Å². The number of alkyl halides is 3. The third kappa shape index (κ3) is 3.82. The van der Waals surface area contributed by atoms with Crippen LogP contribution in [0.15, 0.2) is 42.7 Å². The van der Waals surface area contributed by atoms with Crippen molar-refractivity contribution in [2.75, 3.05) is 5.32 Å². The number of nitrogens with zero attached hydrogens (tertiary/aromatic N) is 1. The van der Waals surface area contributed by atoms with Crippen LogP contribution in [0.1, 0.15) is 16.7 Å². The normalized spacial score (nSPS) is 11.3. The molecule has 2 rings (SSSR count). The Labute approximate surface area is 124 Å². The van der Waals surface area contributed by atoms with Crippen LogP contribution < -0.4 is 5.32 Å². The fourth-order valence-corrected chi connectivity index (χ4v) is 1.99. The van der Waals surface area contributed by atoms with Gasteiger partial charge >= 0.3 is 6.18 Å². The van der Waals surface area contributed by atoms with Gasteiger partial charge in [-0.1, -0.05) is 18.2 Å². The zero-order valence-electron chi connectivity index (χ0n) is 11.4. The van der Waals surface area contributed by atoms with Crippen LogP contribution in [0.5, 0.6) is 0 Å². The van der Waals surface area contributed by atoms with E-state index < -0.39 is 24.1 Å². The molecule has 1 heterocycles. The summed E-state index contributed by atoms with van der Waals surface area (Å²) in [5.41, 5.74) is -0.229. The molecular formula is C15H13F3N2O2. The van der Waals surface area contributed by atoms with Crippen LogP contribution in [0.3, 0.4) is 0 Å². The minimum atomic E-state index is -4.51. The molecule has 116 valence electrons. The monoisotopic (exact) mass is 310 g/mol. The highest BCUT2D eigenvalue weighted by molar-refractivity contribution is 5.93. The lowest BCUT2D eigenvalue weighted by molar-refractivity contribution is -0.138. The van der Waals surface area contributed by atoms with Gasteiger partial charge in [0, 0.05) is 11.8 Å². The summed E-state index contributed by atoms with van der Waals surface area (Å²) in [4.78, 5) is 15.7. The van der Waals surface area contributed by atoms with E-state index >= 15 is 0 Å². The molecule has 2 aromatic rings. The fraction of sp³-hybridized carbons (Fsp3) is 0.200. The van der Waals surface area contributed by atoms with Crippen LogP contribution in [0.4, 0.5) is 18.9 Å². The van der Waals surface area contributed by atoms with Gasteiger partial charge in [-0.05, 0) is 17.7 Å². The molecule has 0 aliphatic carbocycles. The average Bonchev–Trinajstić information content (AvgIpc) is 2.47. The van der Waals surface area contributed by atoms with E-state index in [0.29, 0.717) is 5.56 Å². The molecule has 7 heteroatoms. The number of anilines is 1. The Morgan fingerprint density at radius 1 is 1.18 bits per heavy atom. The average molecular weight is 310 g/mol. The van der Waals surface area contributed by atoms with Gasteiger partial charge in [0.25, 0.3) is 0 Å². The molecule has 0 spiro atoms. The second-order valence-corrected chi connectivity index (χ2v) is 4.57. The second-order valence-electron chi connectivity index (χ2n) is 4.57. The first-order valence-corrected chi connectivity index (χ1v) is 6.40. The minimum absolute atomic E-state index is 0.109. The van der Waals surface area contributed by atoms with E-state index in [2.05, 4.69) is 10.3 Å². The predicted octanol–water partition coefficient (Wildman–Crippen LogP) is 2.77. The number of halogens is 3. The van der Waals surface area contributed by atoms with Gasteiger partial charge in [-0.15, -0.1) is 0 Å². The van der Waals surface area contributed by atoms with Crippen LogP contribution in [0.25, 0.3) is 0 Å². The van der Waals surface area contributed by atoms with Gasteiger partial charge in [0.2, 0.25) is 5.91 Å². The van der Waals surface area contributed by atoms with Crippen molar-refractivity contribution in [3.05, 3.63) is 59.4 Å². The Balaban J connectivity index is 2.17. The second kappa shape index (κ2) is 6.57. The molecule has 0 atom stereocenters. The standard InChI is InChI=1S/C15H13F3N2O2/c16-15(17,18)12-4-2-1-3-10(12)7-14(22)20-13-8-19-6-5-11(13)9-21/h1-6,8,21H,7,9H2,(H,20,22). The van der Waals surface area contributed by atoms with E-state index in [1.54, 1.807) is 0 Å². The summed E-state index contributed by atoms with van der Waals surface area (Å²) >= 11 is 0. The molecule has 1 aromatic heterocycles. The smallest absolute Gasteiger partial charge is 0.392 e. The number of carbonyl (C=O) groups excluding carboxylic acids is 1. The van der Waals surface area contributed by atoms with Crippen LogP contribution >= 0.6 is 0 Å². The van der Waals surface area contributed by atoms with Gasteiger partial charge in [-0.3, -0.25) is 9.78 Å². The fourth-order valence-electron chi connectivity index (χ4n) is 1.99. The van der Waals surface area contributed by atoms with Crippen LogP contribution in [0, 0.1) is 0 Å². The van der Waals surface area contributed by atoms with Crippen molar-refractivity contribution in [1.29, 1.82) is 0 Å². The number of benzene rings is 1. The van der Waals surface area contributed by atoms with Crippen molar-refractivity contribution in [2.24, 2.45) is 0 Å². The summed E-state index contributed by atoms with van der Waals surface area (Å²) < 4.78 is 38.6. The summed E-state index contributed by atoms with van der Waals surface area (Å²) in [6.07, 6.45) is -2.16. The SMILES string of the molecule is O=C(Cc1ccccc1C(F)(F)F)Nc1cnccc1CO. The van der Waals surface area contributed by atoms with Crippen LogP contribution in [0.2, 0.25) is 0 Å². The molecule has 0 aliphatic heterocycles. The van der Waals surface area contributed by atoms with Crippen molar-refractivity contribution in [2.45, 2.75) is 19.2 Å². The van der Waals surface area contributed by atoms with Gasteiger partial charge in [-0.25, -0.2) is 0 Å². The lowest BCUT2D eigenvalue weighted by Crippen LogP contribution is -2.18. The first-order valence-electron chi connectivity index (χ1n) is 6.40. The topological polar surface area (TPSA) is 62.2 Å².